The lowest BCUT2D eigenvalue weighted by Gasteiger charge is -2.21. The van der Waals surface area contributed by atoms with Gasteiger partial charge in [-0.3, -0.25) is 0 Å². The molecule has 0 radical (unpaired) electrons. The van der Waals surface area contributed by atoms with Crippen molar-refractivity contribution in [1.82, 2.24) is 15.0 Å². The average Bonchev–Trinajstić information content (AvgIpc) is 1.59. The van der Waals surface area contributed by atoms with E-state index in [1.54, 1.807) is 12.1 Å². The highest BCUT2D eigenvalue weighted by Crippen LogP contribution is 2.38. The Hall–Kier alpha value is -10.6. The van der Waals surface area contributed by atoms with E-state index in [4.69, 9.17) is 15.0 Å². The third-order valence-corrected chi connectivity index (χ3v) is 16.7. The SMILES string of the molecule is CCN(CC)c1ccc(-c2cc(-c3ccc(C)cc3)nc(-c3ccccc3O)c2)cc1.CCN(CC)c1ccc(-c2cc(-c3ccccc3)nc(-c3ccc(C)cc3)c2)cc1.CCN(CC)c1ccc(-c2cc(-c3ccccc3)nc(-c3ccccc3O)c2)cc1. The zero-order valence-electron chi connectivity index (χ0n) is 53.7. The van der Waals surface area contributed by atoms with Crippen molar-refractivity contribution in [1.29, 1.82) is 0 Å². The molecule has 0 unspecified atom stereocenters. The van der Waals surface area contributed by atoms with Crippen LogP contribution in [0, 0.1) is 13.8 Å². The highest BCUT2D eigenvalue weighted by Gasteiger charge is 2.16. The van der Waals surface area contributed by atoms with E-state index in [1.807, 2.05) is 66.7 Å². The van der Waals surface area contributed by atoms with Crippen molar-refractivity contribution in [3.63, 3.8) is 0 Å². The number of aromatic hydroxyl groups is 2. The van der Waals surface area contributed by atoms with Crippen LogP contribution in [-0.4, -0.2) is 64.4 Å². The summed E-state index contributed by atoms with van der Waals surface area (Å²) < 4.78 is 0. The van der Waals surface area contributed by atoms with E-state index in [1.165, 1.54) is 39.3 Å². The molecule has 456 valence electrons. The quantitative estimate of drug-likeness (QED) is 0.0878. The Labute approximate surface area is 539 Å². The van der Waals surface area contributed by atoms with Crippen molar-refractivity contribution in [3.8, 4) is 112 Å². The van der Waals surface area contributed by atoms with Gasteiger partial charge in [0.15, 0.2) is 0 Å². The molecule has 0 bridgehead atoms. The monoisotopic (exact) mass is 1190 g/mol. The first-order chi connectivity index (χ1) is 44.4. The maximum absolute atomic E-state index is 10.4. The lowest BCUT2D eigenvalue weighted by molar-refractivity contribution is 0.476. The maximum atomic E-state index is 10.4. The molecule has 0 saturated heterocycles. The van der Waals surface area contributed by atoms with Crippen LogP contribution < -0.4 is 14.7 Å². The number of aryl methyl sites for hydroxylation is 2. The molecular weight excluding hydrogens is 1110 g/mol. The summed E-state index contributed by atoms with van der Waals surface area (Å²) >= 11 is 0. The van der Waals surface area contributed by atoms with Crippen LogP contribution in [0.25, 0.3) is 101 Å². The van der Waals surface area contributed by atoms with Crippen molar-refractivity contribution in [2.75, 3.05) is 54.0 Å². The highest BCUT2D eigenvalue weighted by molar-refractivity contribution is 5.82. The molecule has 2 N–H and O–H groups in total. The minimum absolute atomic E-state index is 0.234. The van der Waals surface area contributed by atoms with E-state index in [2.05, 4.69) is 258 Å². The number of phenolic OH excluding ortho intramolecular Hbond substituents is 2. The Bertz CT molecular complexity index is 4260. The molecule has 0 saturated carbocycles. The number of pyridine rings is 3. The van der Waals surface area contributed by atoms with Crippen LogP contribution >= 0.6 is 0 Å². The van der Waals surface area contributed by atoms with Gasteiger partial charge >= 0.3 is 0 Å². The molecule has 9 aromatic carbocycles. The van der Waals surface area contributed by atoms with Gasteiger partial charge in [0.25, 0.3) is 0 Å². The van der Waals surface area contributed by atoms with Crippen LogP contribution in [0.15, 0.2) is 267 Å². The molecule has 0 spiro atoms. The molecular formula is C83H82N6O2. The van der Waals surface area contributed by atoms with Crippen LogP contribution in [0.3, 0.4) is 0 Å². The van der Waals surface area contributed by atoms with Crippen LogP contribution in [-0.2, 0) is 0 Å². The van der Waals surface area contributed by atoms with E-state index >= 15 is 0 Å². The van der Waals surface area contributed by atoms with Crippen molar-refractivity contribution in [2.24, 2.45) is 0 Å². The first-order valence-corrected chi connectivity index (χ1v) is 31.9. The number of aromatic nitrogens is 3. The van der Waals surface area contributed by atoms with E-state index < -0.39 is 0 Å². The summed E-state index contributed by atoms with van der Waals surface area (Å²) in [6.45, 7) is 23.2. The summed E-state index contributed by atoms with van der Waals surface area (Å²) in [5.41, 5.74) is 24.1. The molecule has 0 aliphatic heterocycles. The molecule has 12 aromatic rings. The van der Waals surface area contributed by atoms with Gasteiger partial charge in [-0.05, 0) is 186 Å². The van der Waals surface area contributed by atoms with E-state index in [-0.39, 0.29) is 11.5 Å². The van der Waals surface area contributed by atoms with Gasteiger partial charge in [-0.2, -0.15) is 0 Å². The molecule has 0 fully saturated rings. The molecule has 91 heavy (non-hydrogen) atoms. The van der Waals surface area contributed by atoms with Crippen LogP contribution in [0.5, 0.6) is 11.5 Å². The van der Waals surface area contributed by atoms with Gasteiger partial charge in [-0.1, -0.05) is 181 Å². The predicted molar refractivity (Wildman–Crippen MR) is 385 cm³/mol. The number of para-hydroxylation sites is 2. The topological polar surface area (TPSA) is 88.9 Å². The fourth-order valence-corrected chi connectivity index (χ4v) is 11.4. The van der Waals surface area contributed by atoms with Gasteiger partial charge in [0.05, 0.1) is 34.2 Å². The molecule has 0 amide bonds. The molecule has 0 atom stereocenters. The number of benzene rings is 9. The summed E-state index contributed by atoms with van der Waals surface area (Å²) in [5.74, 6) is 0.469. The molecule has 8 nitrogen and oxygen atoms in total. The molecule has 3 heterocycles. The van der Waals surface area contributed by atoms with Gasteiger partial charge in [-0.15, -0.1) is 0 Å². The van der Waals surface area contributed by atoms with E-state index in [9.17, 15) is 10.2 Å². The Kier molecular flexibility index (Phi) is 21.3. The predicted octanol–water partition coefficient (Wildman–Crippen LogP) is 20.8. The smallest absolute Gasteiger partial charge is 0.124 e. The standard InChI is InChI=1S/C28H28N2O.C28H28N2.C27H26N2O/c1-4-30(5-2)24-16-14-21(15-17-24)23-18-26(22-12-10-20(3)11-13-22)29-27(19-23)25-8-6-7-9-28(25)31;1-4-30(5-2)26-17-15-22(16-18-26)25-19-27(23-9-7-6-8-10-23)29-28(20-25)24-13-11-21(3)12-14-24;1-3-29(4-2)23-16-14-20(15-17-23)22-18-25(21-10-6-5-7-11-21)28-26(19-22)24-12-8-9-13-27(24)30/h6-19,31H,4-5H2,1-3H3;6-20H,4-5H2,1-3H3;5-19,30H,3-4H2,1-2H3. The third kappa shape index (κ3) is 15.8. The zero-order valence-corrected chi connectivity index (χ0v) is 53.7. The number of anilines is 3. The Balaban J connectivity index is 0.000000150. The fraction of sp³-hybridized carbons (Fsp3) is 0.169. The summed E-state index contributed by atoms with van der Waals surface area (Å²) in [4.78, 5) is 21.8. The summed E-state index contributed by atoms with van der Waals surface area (Å²) in [7, 11) is 0. The van der Waals surface area contributed by atoms with Crippen molar-refractivity contribution < 1.29 is 10.2 Å². The van der Waals surface area contributed by atoms with E-state index in [0.717, 1.165) is 129 Å². The normalized spacial score (nSPS) is 10.8. The van der Waals surface area contributed by atoms with Crippen molar-refractivity contribution in [2.45, 2.75) is 55.4 Å². The minimum Gasteiger partial charge on any atom is -0.507 e. The Morgan fingerprint density at radius 2 is 0.473 bits per heavy atom. The van der Waals surface area contributed by atoms with Gasteiger partial charge in [0, 0.05) is 89.7 Å². The summed E-state index contributed by atoms with van der Waals surface area (Å²) in [5, 5.41) is 20.8. The second-order valence-corrected chi connectivity index (χ2v) is 22.5. The number of nitrogens with zero attached hydrogens (tertiary/aromatic N) is 6. The summed E-state index contributed by atoms with van der Waals surface area (Å²) in [6, 6.07) is 91.2. The zero-order chi connectivity index (χ0) is 63.6. The molecule has 3 aromatic heterocycles. The Morgan fingerprint density at radius 3 is 0.747 bits per heavy atom. The van der Waals surface area contributed by atoms with Gasteiger partial charge in [0.1, 0.15) is 11.5 Å². The van der Waals surface area contributed by atoms with Gasteiger partial charge in [-0.25, -0.2) is 15.0 Å². The average molecular weight is 1200 g/mol. The highest BCUT2D eigenvalue weighted by atomic mass is 16.3. The molecule has 8 heteroatoms. The van der Waals surface area contributed by atoms with Gasteiger partial charge in [0.2, 0.25) is 0 Å². The number of rotatable bonds is 18. The maximum Gasteiger partial charge on any atom is 0.124 e. The van der Waals surface area contributed by atoms with Crippen LogP contribution in [0.4, 0.5) is 17.1 Å². The lowest BCUT2D eigenvalue weighted by atomic mass is 9.99. The molecule has 12 rings (SSSR count). The minimum atomic E-state index is 0.234. The van der Waals surface area contributed by atoms with Crippen molar-refractivity contribution in [3.05, 3.63) is 278 Å². The Morgan fingerprint density at radius 1 is 0.242 bits per heavy atom. The van der Waals surface area contributed by atoms with Gasteiger partial charge < -0.3 is 24.9 Å². The lowest BCUT2D eigenvalue weighted by Crippen LogP contribution is -2.21. The van der Waals surface area contributed by atoms with E-state index in [0.29, 0.717) is 0 Å². The van der Waals surface area contributed by atoms with Crippen LogP contribution in [0.2, 0.25) is 0 Å². The number of hydrogen-bond donors (Lipinski definition) is 2. The fourth-order valence-electron chi connectivity index (χ4n) is 11.4. The van der Waals surface area contributed by atoms with Crippen molar-refractivity contribution >= 4 is 17.1 Å². The second-order valence-electron chi connectivity index (χ2n) is 22.5. The largest absolute Gasteiger partial charge is 0.507 e. The van der Waals surface area contributed by atoms with Crippen LogP contribution in [0.1, 0.15) is 52.7 Å². The molecule has 0 aliphatic rings. The first kappa shape index (κ1) is 63.4. The number of phenols is 2. The number of hydrogen-bond acceptors (Lipinski definition) is 8. The first-order valence-electron chi connectivity index (χ1n) is 31.9. The third-order valence-electron chi connectivity index (χ3n) is 16.7. The summed E-state index contributed by atoms with van der Waals surface area (Å²) in [6.07, 6.45) is 0. The molecule has 0 aliphatic carbocycles. The second kappa shape index (κ2) is 30.6.